The molecule has 2 nitrogen and oxygen atoms in total. The van der Waals surface area contributed by atoms with E-state index >= 15 is 0 Å². The molecule has 1 aliphatic carbocycles. The van der Waals surface area contributed by atoms with Gasteiger partial charge in [0.05, 0.1) is 0 Å². The van der Waals surface area contributed by atoms with Crippen molar-refractivity contribution < 1.29 is 0 Å². The smallest absolute Gasteiger partial charge is 0.0314 e. The van der Waals surface area contributed by atoms with Crippen molar-refractivity contribution in [3.05, 3.63) is 29.8 Å². The molecule has 2 rings (SSSR count). The quantitative estimate of drug-likeness (QED) is 0.712. The first-order valence-corrected chi connectivity index (χ1v) is 5.34. The molecule has 1 unspecified atom stereocenters. The van der Waals surface area contributed by atoms with Gasteiger partial charge >= 0.3 is 0 Å². The van der Waals surface area contributed by atoms with Crippen molar-refractivity contribution in [3.63, 3.8) is 0 Å². The van der Waals surface area contributed by atoms with Crippen molar-refractivity contribution in [1.29, 1.82) is 0 Å². The number of anilines is 1. The number of nitrogen functional groups attached to an aromatic ring is 1. The van der Waals surface area contributed by atoms with Crippen molar-refractivity contribution in [1.82, 2.24) is 5.32 Å². The van der Waals surface area contributed by atoms with Gasteiger partial charge in [0.2, 0.25) is 0 Å². The molecule has 1 saturated carbocycles. The average Bonchev–Trinajstić information content (AvgIpc) is 2.93. The Hall–Kier alpha value is -1.02. The third-order valence-electron chi connectivity index (χ3n) is 2.62. The minimum Gasteiger partial charge on any atom is -0.399 e. The lowest BCUT2D eigenvalue weighted by Crippen LogP contribution is -2.29. The lowest BCUT2D eigenvalue weighted by Gasteiger charge is -2.12. The summed E-state index contributed by atoms with van der Waals surface area (Å²) in [6.45, 7) is 2.24. The average molecular weight is 190 g/mol. The molecule has 0 heterocycles. The summed E-state index contributed by atoms with van der Waals surface area (Å²) >= 11 is 0. The van der Waals surface area contributed by atoms with E-state index < -0.39 is 0 Å². The van der Waals surface area contributed by atoms with Gasteiger partial charge in [-0.1, -0.05) is 12.1 Å². The van der Waals surface area contributed by atoms with Gasteiger partial charge < -0.3 is 11.1 Å². The van der Waals surface area contributed by atoms with E-state index in [0.29, 0.717) is 6.04 Å². The molecule has 0 saturated heterocycles. The summed E-state index contributed by atoms with van der Waals surface area (Å²) in [6.07, 6.45) is 3.80. The summed E-state index contributed by atoms with van der Waals surface area (Å²) in [6, 6.07) is 9.53. The SMILES string of the molecule is CC(Cc1ccc(N)cc1)NC1CC1. The van der Waals surface area contributed by atoms with Crippen LogP contribution >= 0.6 is 0 Å². The predicted molar refractivity (Wildman–Crippen MR) is 60.2 cm³/mol. The second-order valence-corrected chi connectivity index (χ2v) is 4.29. The fourth-order valence-electron chi connectivity index (χ4n) is 1.72. The first-order chi connectivity index (χ1) is 6.74. The highest BCUT2D eigenvalue weighted by Gasteiger charge is 2.22. The number of hydrogen-bond acceptors (Lipinski definition) is 2. The van der Waals surface area contributed by atoms with E-state index in [2.05, 4.69) is 24.4 Å². The molecule has 0 bridgehead atoms. The van der Waals surface area contributed by atoms with Crippen molar-refractivity contribution in [2.45, 2.75) is 38.3 Å². The van der Waals surface area contributed by atoms with Crippen molar-refractivity contribution in [2.24, 2.45) is 0 Å². The largest absolute Gasteiger partial charge is 0.399 e. The fourth-order valence-corrected chi connectivity index (χ4v) is 1.72. The predicted octanol–water partition coefficient (Wildman–Crippen LogP) is 1.95. The highest BCUT2D eigenvalue weighted by molar-refractivity contribution is 5.39. The topological polar surface area (TPSA) is 38.0 Å². The van der Waals surface area contributed by atoms with Gasteiger partial charge in [-0.15, -0.1) is 0 Å². The van der Waals surface area contributed by atoms with Crippen LogP contribution in [0.25, 0.3) is 0 Å². The van der Waals surface area contributed by atoms with Gasteiger partial charge in [-0.2, -0.15) is 0 Å². The minimum atomic E-state index is 0.575. The van der Waals surface area contributed by atoms with E-state index in [1.54, 1.807) is 0 Å². The zero-order chi connectivity index (χ0) is 9.97. The highest BCUT2D eigenvalue weighted by Crippen LogP contribution is 2.20. The van der Waals surface area contributed by atoms with Crippen LogP contribution in [0.5, 0.6) is 0 Å². The number of nitrogens with one attached hydrogen (secondary N) is 1. The molecular formula is C12H18N2. The Balaban J connectivity index is 1.85. The summed E-state index contributed by atoms with van der Waals surface area (Å²) in [5, 5.41) is 3.59. The van der Waals surface area contributed by atoms with Gasteiger partial charge in [-0.05, 0) is 43.9 Å². The van der Waals surface area contributed by atoms with E-state index in [1.165, 1.54) is 18.4 Å². The van der Waals surface area contributed by atoms with E-state index in [-0.39, 0.29) is 0 Å². The van der Waals surface area contributed by atoms with Gasteiger partial charge in [0.25, 0.3) is 0 Å². The number of hydrogen-bond donors (Lipinski definition) is 2. The van der Waals surface area contributed by atoms with Crippen LogP contribution in [0.2, 0.25) is 0 Å². The molecule has 0 aromatic heterocycles. The zero-order valence-electron chi connectivity index (χ0n) is 8.66. The minimum absolute atomic E-state index is 0.575. The molecule has 0 aliphatic heterocycles. The van der Waals surface area contributed by atoms with Crippen molar-refractivity contribution in [2.75, 3.05) is 5.73 Å². The molecule has 1 aromatic carbocycles. The summed E-state index contributed by atoms with van der Waals surface area (Å²) in [7, 11) is 0. The molecule has 14 heavy (non-hydrogen) atoms. The Morgan fingerprint density at radius 1 is 1.36 bits per heavy atom. The first kappa shape index (κ1) is 9.53. The van der Waals surface area contributed by atoms with Gasteiger partial charge in [-0.25, -0.2) is 0 Å². The molecule has 1 aliphatic rings. The second kappa shape index (κ2) is 4.01. The van der Waals surface area contributed by atoms with Crippen LogP contribution in [0.3, 0.4) is 0 Å². The van der Waals surface area contributed by atoms with Gasteiger partial charge in [0, 0.05) is 17.8 Å². The van der Waals surface area contributed by atoms with Crippen molar-refractivity contribution >= 4 is 5.69 Å². The lowest BCUT2D eigenvalue weighted by molar-refractivity contribution is 0.542. The molecule has 0 amide bonds. The van der Waals surface area contributed by atoms with Crippen LogP contribution in [0.1, 0.15) is 25.3 Å². The molecule has 3 N–H and O–H groups in total. The van der Waals surface area contributed by atoms with Crippen LogP contribution in [0, 0.1) is 0 Å². The van der Waals surface area contributed by atoms with E-state index in [1.807, 2.05) is 12.1 Å². The van der Waals surface area contributed by atoms with Gasteiger partial charge in [0.15, 0.2) is 0 Å². The summed E-state index contributed by atoms with van der Waals surface area (Å²) < 4.78 is 0. The van der Waals surface area contributed by atoms with Crippen LogP contribution in [-0.2, 0) is 6.42 Å². The molecule has 0 spiro atoms. The maximum atomic E-state index is 5.63. The molecule has 1 fully saturated rings. The summed E-state index contributed by atoms with van der Waals surface area (Å²) in [5.74, 6) is 0. The molecule has 0 radical (unpaired) electrons. The molecule has 1 aromatic rings. The highest BCUT2D eigenvalue weighted by atomic mass is 15.0. The number of nitrogens with two attached hydrogens (primary N) is 1. The van der Waals surface area contributed by atoms with Crippen LogP contribution in [-0.4, -0.2) is 12.1 Å². The van der Waals surface area contributed by atoms with Crippen LogP contribution in [0.15, 0.2) is 24.3 Å². The van der Waals surface area contributed by atoms with Gasteiger partial charge in [0.1, 0.15) is 0 Å². The first-order valence-electron chi connectivity index (χ1n) is 5.34. The maximum Gasteiger partial charge on any atom is 0.0314 e. The Labute approximate surface area is 85.5 Å². The van der Waals surface area contributed by atoms with Gasteiger partial charge in [-0.3, -0.25) is 0 Å². The number of benzene rings is 1. The lowest BCUT2D eigenvalue weighted by atomic mass is 10.1. The second-order valence-electron chi connectivity index (χ2n) is 4.29. The fraction of sp³-hybridized carbons (Fsp3) is 0.500. The zero-order valence-corrected chi connectivity index (χ0v) is 8.66. The van der Waals surface area contributed by atoms with Crippen molar-refractivity contribution in [3.8, 4) is 0 Å². The third kappa shape index (κ3) is 2.74. The van der Waals surface area contributed by atoms with E-state index in [0.717, 1.165) is 18.2 Å². The summed E-state index contributed by atoms with van der Waals surface area (Å²) in [5.41, 5.74) is 7.84. The summed E-state index contributed by atoms with van der Waals surface area (Å²) in [4.78, 5) is 0. The van der Waals surface area contributed by atoms with Crippen LogP contribution in [0.4, 0.5) is 5.69 Å². The molecular weight excluding hydrogens is 172 g/mol. The van der Waals surface area contributed by atoms with E-state index in [9.17, 15) is 0 Å². The van der Waals surface area contributed by atoms with Crippen LogP contribution < -0.4 is 11.1 Å². The molecule has 1 atom stereocenters. The van der Waals surface area contributed by atoms with E-state index in [4.69, 9.17) is 5.73 Å². The Morgan fingerprint density at radius 3 is 2.57 bits per heavy atom. The monoisotopic (exact) mass is 190 g/mol. The normalized spacial score (nSPS) is 18.1. The maximum absolute atomic E-state index is 5.63. The Bertz CT molecular complexity index is 288. The number of rotatable bonds is 4. The standard InChI is InChI=1S/C12H18N2/c1-9(14-12-6-7-12)8-10-2-4-11(13)5-3-10/h2-5,9,12,14H,6-8,13H2,1H3. The Kier molecular flexibility index (Phi) is 2.73. The molecule has 2 heteroatoms. The third-order valence-corrected chi connectivity index (χ3v) is 2.62. The molecule has 76 valence electrons. The Morgan fingerprint density at radius 2 is 2.00 bits per heavy atom.